The van der Waals surface area contributed by atoms with Gasteiger partial charge in [0.1, 0.15) is 5.76 Å². The van der Waals surface area contributed by atoms with Crippen molar-refractivity contribution in [1.82, 2.24) is 15.8 Å². The molecule has 0 aromatic carbocycles. The van der Waals surface area contributed by atoms with E-state index < -0.39 is 0 Å². The summed E-state index contributed by atoms with van der Waals surface area (Å²) in [4.78, 5) is 11.9. The summed E-state index contributed by atoms with van der Waals surface area (Å²) in [7, 11) is 0. The van der Waals surface area contributed by atoms with Crippen LogP contribution in [0, 0.1) is 13.8 Å². The Labute approximate surface area is 145 Å². The molecule has 2 N–H and O–H groups in total. The topological polar surface area (TPSA) is 67.2 Å². The summed E-state index contributed by atoms with van der Waals surface area (Å²) in [6.07, 6.45) is 9.16. The zero-order valence-electron chi connectivity index (χ0n) is 14.3. The van der Waals surface area contributed by atoms with Crippen molar-refractivity contribution in [2.45, 2.75) is 71.3 Å². The van der Waals surface area contributed by atoms with Crippen LogP contribution in [-0.4, -0.2) is 30.2 Å². The molecule has 1 aliphatic carbocycles. The quantitative estimate of drug-likeness (QED) is 0.589. The van der Waals surface area contributed by atoms with Crippen LogP contribution >= 0.6 is 12.4 Å². The minimum Gasteiger partial charge on any atom is -0.361 e. The fourth-order valence-corrected chi connectivity index (χ4v) is 3.15. The third kappa shape index (κ3) is 6.92. The minimum absolute atomic E-state index is 0. The standard InChI is InChI=1S/C17H29N3O2.ClH/c1-13-16(14(2)22-20-13)9-10-17(21)19-12-11-18-15-7-5-3-4-6-8-15;/h15,18H,3-12H2,1-2H3,(H,19,21);1H. The Morgan fingerprint density at radius 3 is 2.48 bits per heavy atom. The van der Waals surface area contributed by atoms with Gasteiger partial charge in [-0.1, -0.05) is 30.8 Å². The molecule has 1 fully saturated rings. The van der Waals surface area contributed by atoms with Crippen molar-refractivity contribution in [3.05, 3.63) is 17.0 Å². The molecule has 0 atom stereocenters. The van der Waals surface area contributed by atoms with Crippen LogP contribution in [0.5, 0.6) is 0 Å². The van der Waals surface area contributed by atoms with E-state index in [9.17, 15) is 4.79 Å². The summed E-state index contributed by atoms with van der Waals surface area (Å²) in [5, 5.41) is 10.5. The molecule has 2 rings (SSSR count). The van der Waals surface area contributed by atoms with E-state index in [0.717, 1.165) is 23.6 Å². The Morgan fingerprint density at radius 1 is 1.17 bits per heavy atom. The monoisotopic (exact) mass is 343 g/mol. The van der Waals surface area contributed by atoms with E-state index in [4.69, 9.17) is 4.52 Å². The van der Waals surface area contributed by atoms with Gasteiger partial charge >= 0.3 is 0 Å². The number of nitrogens with zero attached hydrogens (tertiary/aromatic N) is 1. The van der Waals surface area contributed by atoms with Gasteiger partial charge in [-0.05, 0) is 33.1 Å². The highest BCUT2D eigenvalue weighted by molar-refractivity contribution is 5.85. The largest absolute Gasteiger partial charge is 0.361 e. The molecule has 0 saturated heterocycles. The van der Waals surface area contributed by atoms with Gasteiger partial charge in [-0.3, -0.25) is 4.79 Å². The fourth-order valence-electron chi connectivity index (χ4n) is 3.15. The number of carbonyl (C=O) groups excluding carboxylic acids is 1. The lowest BCUT2D eigenvalue weighted by molar-refractivity contribution is -0.121. The summed E-state index contributed by atoms with van der Waals surface area (Å²) in [6.45, 7) is 5.38. The number of hydrogen-bond donors (Lipinski definition) is 2. The molecule has 0 unspecified atom stereocenters. The zero-order chi connectivity index (χ0) is 15.8. The Morgan fingerprint density at radius 2 is 1.87 bits per heavy atom. The highest BCUT2D eigenvalue weighted by Gasteiger charge is 2.12. The predicted octanol–water partition coefficient (Wildman–Crippen LogP) is 3.07. The minimum atomic E-state index is 0. The molecule has 1 aromatic rings. The van der Waals surface area contributed by atoms with Gasteiger partial charge in [-0.25, -0.2) is 0 Å². The van der Waals surface area contributed by atoms with Crippen molar-refractivity contribution in [3.8, 4) is 0 Å². The van der Waals surface area contributed by atoms with Gasteiger partial charge < -0.3 is 15.2 Å². The first-order chi connectivity index (χ1) is 10.7. The van der Waals surface area contributed by atoms with Gasteiger partial charge in [0.15, 0.2) is 0 Å². The SMILES string of the molecule is Cc1noc(C)c1CCC(=O)NCCNC1CCCCCC1.Cl. The van der Waals surface area contributed by atoms with E-state index in [1.807, 2.05) is 13.8 Å². The van der Waals surface area contributed by atoms with Crippen LogP contribution in [0.2, 0.25) is 0 Å². The zero-order valence-corrected chi connectivity index (χ0v) is 15.1. The van der Waals surface area contributed by atoms with Crippen LogP contribution in [0.4, 0.5) is 0 Å². The predicted molar refractivity (Wildman–Crippen MR) is 94.0 cm³/mol. The van der Waals surface area contributed by atoms with E-state index >= 15 is 0 Å². The van der Waals surface area contributed by atoms with E-state index in [1.165, 1.54) is 38.5 Å². The molecule has 6 heteroatoms. The fraction of sp³-hybridized carbons (Fsp3) is 0.765. The molecule has 23 heavy (non-hydrogen) atoms. The number of hydrogen-bond acceptors (Lipinski definition) is 4. The lowest BCUT2D eigenvalue weighted by atomic mass is 10.1. The second kappa shape index (κ2) is 10.7. The average Bonchev–Trinajstić information content (AvgIpc) is 2.71. The first-order valence-electron chi connectivity index (χ1n) is 8.58. The molecule has 1 aliphatic rings. The number of rotatable bonds is 7. The number of aryl methyl sites for hydroxylation is 2. The van der Waals surface area contributed by atoms with Crippen molar-refractivity contribution in [3.63, 3.8) is 0 Å². The van der Waals surface area contributed by atoms with Crippen LogP contribution in [0.3, 0.4) is 0 Å². The van der Waals surface area contributed by atoms with E-state index in [0.29, 0.717) is 25.4 Å². The third-order valence-electron chi connectivity index (χ3n) is 4.52. The van der Waals surface area contributed by atoms with Gasteiger partial charge in [0.2, 0.25) is 5.91 Å². The highest BCUT2D eigenvalue weighted by Crippen LogP contribution is 2.17. The van der Waals surface area contributed by atoms with Crippen LogP contribution in [0.15, 0.2) is 4.52 Å². The molecule has 5 nitrogen and oxygen atoms in total. The molecular formula is C17H30ClN3O2. The molecule has 0 spiro atoms. The molecule has 1 saturated carbocycles. The molecule has 0 bridgehead atoms. The number of amides is 1. The second-order valence-corrected chi connectivity index (χ2v) is 6.30. The molecule has 1 heterocycles. The smallest absolute Gasteiger partial charge is 0.220 e. The molecular weight excluding hydrogens is 314 g/mol. The summed E-state index contributed by atoms with van der Waals surface area (Å²) in [5.41, 5.74) is 1.95. The van der Waals surface area contributed by atoms with Crippen LogP contribution in [0.25, 0.3) is 0 Å². The first kappa shape index (κ1) is 20.0. The maximum Gasteiger partial charge on any atom is 0.220 e. The van der Waals surface area contributed by atoms with Gasteiger partial charge in [0.05, 0.1) is 5.69 Å². The van der Waals surface area contributed by atoms with Crippen LogP contribution in [0.1, 0.15) is 62.0 Å². The maximum absolute atomic E-state index is 11.9. The number of halogens is 1. The van der Waals surface area contributed by atoms with Crippen LogP contribution in [-0.2, 0) is 11.2 Å². The van der Waals surface area contributed by atoms with E-state index in [1.54, 1.807) is 0 Å². The molecule has 132 valence electrons. The Hall–Kier alpha value is -1.07. The Balaban J connectivity index is 0.00000264. The second-order valence-electron chi connectivity index (χ2n) is 6.30. The van der Waals surface area contributed by atoms with Gasteiger partial charge in [0, 0.05) is 31.1 Å². The lowest BCUT2D eigenvalue weighted by Crippen LogP contribution is -2.36. The Kier molecular flexibility index (Phi) is 9.26. The summed E-state index contributed by atoms with van der Waals surface area (Å²) in [5.74, 6) is 0.919. The first-order valence-corrected chi connectivity index (χ1v) is 8.58. The van der Waals surface area contributed by atoms with Crippen molar-refractivity contribution < 1.29 is 9.32 Å². The third-order valence-corrected chi connectivity index (χ3v) is 4.52. The lowest BCUT2D eigenvalue weighted by Gasteiger charge is -2.16. The number of nitrogens with one attached hydrogen (secondary N) is 2. The van der Waals surface area contributed by atoms with E-state index in [-0.39, 0.29) is 18.3 Å². The summed E-state index contributed by atoms with van der Waals surface area (Å²) in [6, 6.07) is 0.640. The van der Waals surface area contributed by atoms with Crippen molar-refractivity contribution in [2.24, 2.45) is 0 Å². The summed E-state index contributed by atoms with van der Waals surface area (Å²) >= 11 is 0. The van der Waals surface area contributed by atoms with Crippen molar-refractivity contribution in [1.29, 1.82) is 0 Å². The molecule has 0 aliphatic heterocycles. The average molecular weight is 344 g/mol. The van der Waals surface area contributed by atoms with Gasteiger partial charge in [0.25, 0.3) is 0 Å². The number of aromatic nitrogens is 1. The van der Waals surface area contributed by atoms with Gasteiger partial charge in [-0.15, -0.1) is 12.4 Å². The van der Waals surface area contributed by atoms with Crippen molar-refractivity contribution in [2.75, 3.05) is 13.1 Å². The molecule has 1 amide bonds. The Bertz CT molecular complexity index is 449. The van der Waals surface area contributed by atoms with Crippen molar-refractivity contribution >= 4 is 18.3 Å². The molecule has 1 aromatic heterocycles. The van der Waals surface area contributed by atoms with Gasteiger partial charge in [-0.2, -0.15) is 0 Å². The highest BCUT2D eigenvalue weighted by atomic mass is 35.5. The maximum atomic E-state index is 11.9. The summed E-state index contributed by atoms with van der Waals surface area (Å²) < 4.78 is 5.11. The molecule has 0 radical (unpaired) electrons. The van der Waals surface area contributed by atoms with E-state index in [2.05, 4.69) is 15.8 Å². The van der Waals surface area contributed by atoms with Crippen LogP contribution < -0.4 is 10.6 Å². The number of carbonyl (C=O) groups is 1. The normalized spacial score (nSPS) is 15.7.